The second-order valence-electron chi connectivity index (χ2n) is 5.52. The molecular formula is C17H19N3O2. The van der Waals surface area contributed by atoms with Crippen LogP contribution in [0.15, 0.2) is 24.3 Å². The molecule has 5 heteroatoms. The second kappa shape index (κ2) is 6.13. The van der Waals surface area contributed by atoms with E-state index in [1.807, 2.05) is 24.3 Å². The summed E-state index contributed by atoms with van der Waals surface area (Å²) in [5.41, 5.74) is 3.75. The van der Waals surface area contributed by atoms with Gasteiger partial charge in [-0.1, -0.05) is 18.2 Å². The number of pyridine rings is 1. The van der Waals surface area contributed by atoms with Crippen LogP contribution in [0.4, 0.5) is 0 Å². The van der Waals surface area contributed by atoms with Crippen LogP contribution >= 0.6 is 0 Å². The Balaban J connectivity index is 1.89. The van der Waals surface area contributed by atoms with Gasteiger partial charge in [-0.25, -0.2) is 0 Å². The summed E-state index contributed by atoms with van der Waals surface area (Å²) in [6, 6.07) is 7.76. The van der Waals surface area contributed by atoms with Gasteiger partial charge in [-0.15, -0.1) is 0 Å². The zero-order valence-electron chi connectivity index (χ0n) is 12.6. The SMILES string of the molecule is CC(=O)NCCNC(=O)c1c2c(nc3ccccc13)CCC2. The molecule has 0 bridgehead atoms. The number of carbonyl (C=O) groups excluding carboxylic acids is 2. The molecule has 0 fully saturated rings. The first-order valence-corrected chi connectivity index (χ1v) is 7.60. The van der Waals surface area contributed by atoms with Crippen LogP contribution in [0.3, 0.4) is 0 Å². The lowest BCUT2D eigenvalue weighted by Crippen LogP contribution is -2.34. The Morgan fingerprint density at radius 3 is 2.73 bits per heavy atom. The molecule has 2 N–H and O–H groups in total. The fourth-order valence-electron chi connectivity index (χ4n) is 2.97. The van der Waals surface area contributed by atoms with E-state index in [2.05, 4.69) is 15.6 Å². The van der Waals surface area contributed by atoms with E-state index < -0.39 is 0 Å². The van der Waals surface area contributed by atoms with Crippen molar-refractivity contribution >= 4 is 22.7 Å². The maximum Gasteiger partial charge on any atom is 0.252 e. The Labute approximate surface area is 129 Å². The van der Waals surface area contributed by atoms with Crippen LogP contribution in [0.2, 0.25) is 0 Å². The smallest absolute Gasteiger partial charge is 0.252 e. The van der Waals surface area contributed by atoms with Crippen molar-refractivity contribution < 1.29 is 9.59 Å². The van der Waals surface area contributed by atoms with Crippen molar-refractivity contribution in [2.75, 3.05) is 13.1 Å². The Morgan fingerprint density at radius 1 is 1.14 bits per heavy atom. The first-order chi connectivity index (χ1) is 10.7. The number of rotatable bonds is 4. The van der Waals surface area contributed by atoms with Gasteiger partial charge in [-0.2, -0.15) is 0 Å². The zero-order valence-corrected chi connectivity index (χ0v) is 12.6. The topological polar surface area (TPSA) is 71.1 Å². The third-order valence-electron chi connectivity index (χ3n) is 3.93. The van der Waals surface area contributed by atoms with Gasteiger partial charge in [-0.3, -0.25) is 14.6 Å². The molecule has 114 valence electrons. The molecule has 0 saturated heterocycles. The highest BCUT2D eigenvalue weighted by Gasteiger charge is 2.23. The molecule has 0 aliphatic heterocycles. The molecule has 5 nitrogen and oxygen atoms in total. The molecule has 1 aliphatic rings. The van der Waals surface area contributed by atoms with Crippen molar-refractivity contribution in [3.63, 3.8) is 0 Å². The standard InChI is InChI=1S/C17H19N3O2/c1-11(21)18-9-10-19-17(22)16-12-5-2-3-7-14(12)20-15-8-4-6-13(15)16/h2-3,5,7H,4,6,8-10H2,1H3,(H,18,21)(H,19,22). The van der Waals surface area contributed by atoms with E-state index in [1.54, 1.807) is 0 Å². The Kier molecular flexibility index (Phi) is 4.04. The van der Waals surface area contributed by atoms with Gasteiger partial charge < -0.3 is 10.6 Å². The van der Waals surface area contributed by atoms with Crippen molar-refractivity contribution in [3.8, 4) is 0 Å². The number of carbonyl (C=O) groups is 2. The van der Waals surface area contributed by atoms with E-state index >= 15 is 0 Å². The number of fused-ring (bicyclic) bond motifs is 2. The number of aromatic nitrogens is 1. The van der Waals surface area contributed by atoms with Crippen molar-refractivity contribution in [1.29, 1.82) is 0 Å². The minimum atomic E-state index is -0.0931. The third kappa shape index (κ3) is 2.79. The van der Waals surface area contributed by atoms with Crippen LogP contribution in [0, 0.1) is 0 Å². The molecular weight excluding hydrogens is 278 g/mol. The molecule has 0 unspecified atom stereocenters. The lowest BCUT2D eigenvalue weighted by Gasteiger charge is -2.12. The van der Waals surface area contributed by atoms with Gasteiger partial charge in [0.2, 0.25) is 5.91 Å². The average Bonchev–Trinajstić information content (AvgIpc) is 2.96. The molecule has 1 aromatic heterocycles. The van der Waals surface area contributed by atoms with Crippen molar-refractivity contribution in [3.05, 3.63) is 41.1 Å². The van der Waals surface area contributed by atoms with Crippen molar-refractivity contribution in [1.82, 2.24) is 15.6 Å². The first kappa shape index (κ1) is 14.5. The molecule has 2 amide bonds. The molecule has 0 radical (unpaired) electrons. The highest BCUT2D eigenvalue weighted by atomic mass is 16.2. The minimum Gasteiger partial charge on any atom is -0.355 e. The molecule has 2 aromatic rings. The van der Waals surface area contributed by atoms with Gasteiger partial charge in [0.05, 0.1) is 11.1 Å². The minimum absolute atomic E-state index is 0.0814. The fourth-order valence-corrected chi connectivity index (χ4v) is 2.97. The van der Waals surface area contributed by atoms with Crippen molar-refractivity contribution in [2.24, 2.45) is 0 Å². The predicted molar refractivity (Wildman–Crippen MR) is 84.8 cm³/mol. The van der Waals surface area contributed by atoms with E-state index in [0.29, 0.717) is 13.1 Å². The van der Waals surface area contributed by atoms with Crippen LogP contribution in [-0.4, -0.2) is 29.9 Å². The Hall–Kier alpha value is -2.43. The number of benzene rings is 1. The first-order valence-electron chi connectivity index (χ1n) is 7.60. The van der Waals surface area contributed by atoms with E-state index in [4.69, 9.17) is 0 Å². The van der Waals surface area contributed by atoms with Gasteiger partial charge >= 0.3 is 0 Å². The summed E-state index contributed by atoms with van der Waals surface area (Å²) in [6.45, 7) is 2.32. The van der Waals surface area contributed by atoms with Gasteiger partial charge in [0.15, 0.2) is 0 Å². The Bertz CT molecular complexity index is 740. The monoisotopic (exact) mass is 297 g/mol. The third-order valence-corrected chi connectivity index (χ3v) is 3.93. The molecule has 1 aliphatic carbocycles. The molecule has 3 rings (SSSR count). The highest BCUT2D eigenvalue weighted by molar-refractivity contribution is 6.07. The van der Waals surface area contributed by atoms with E-state index in [0.717, 1.165) is 47.0 Å². The number of hydrogen-bond donors (Lipinski definition) is 2. The molecule has 1 aromatic carbocycles. The number of amides is 2. The number of aryl methyl sites for hydroxylation is 1. The summed E-state index contributed by atoms with van der Waals surface area (Å²) in [6.07, 6.45) is 2.89. The molecule has 22 heavy (non-hydrogen) atoms. The summed E-state index contributed by atoms with van der Waals surface area (Å²) in [7, 11) is 0. The number of nitrogens with zero attached hydrogens (tertiary/aromatic N) is 1. The van der Waals surface area contributed by atoms with Gasteiger partial charge in [0.1, 0.15) is 0 Å². The second-order valence-corrected chi connectivity index (χ2v) is 5.52. The summed E-state index contributed by atoms with van der Waals surface area (Å²) in [5, 5.41) is 6.47. The zero-order chi connectivity index (χ0) is 15.5. The maximum atomic E-state index is 12.6. The summed E-state index contributed by atoms with van der Waals surface area (Å²) in [4.78, 5) is 28.1. The Morgan fingerprint density at radius 2 is 1.91 bits per heavy atom. The van der Waals surface area contributed by atoms with Crippen molar-refractivity contribution in [2.45, 2.75) is 26.2 Å². The van der Waals surface area contributed by atoms with Gasteiger partial charge in [0.25, 0.3) is 5.91 Å². The lowest BCUT2D eigenvalue weighted by molar-refractivity contribution is -0.118. The molecule has 0 saturated carbocycles. The normalized spacial score (nSPS) is 13.0. The largest absolute Gasteiger partial charge is 0.355 e. The van der Waals surface area contributed by atoms with E-state index in [1.165, 1.54) is 6.92 Å². The van der Waals surface area contributed by atoms with Crippen LogP contribution in [0.25, 0.3) is 10.9 Å². The van der Waals surface area contributed by atoms with E-state index in [-0.39, 0.29) is 11.8 Å². The molecule has 0 spiro atoms. The summed E-state index contributed by atoms with van der Waals surface area (Å²) < 4.78 is 0. The average molecular weight is 297 g/mol. The van der Waals surface area contributed by atoms with E-state index in [9.17, 15) is 9.59 Å². The fraction of sp³-hybridized carbons (Fsp3) is 0.353. The van der Waals surface area contributed by atoms with Crippen LogP contribution in [0.1, 0.15) is 35.0 Å². The molecule has 0 atom stereocenters. The van der Waals surface area contributed by atoms with Crippen LogP contribution < -0.4 is 10.6 Å². The summed E-state index contributed by atoms with van der Waals surface area (Å²) >= 11 is 0. The predicted octanol–water partition coefficient (Wildman–Crippen LogP) is 1.59. The molecule has 1 heterocycles. The highest BCUT2D eigenvalue weighted by Crippen LogP contribution is 2.29. The van der Waals surface area contributed by atoms with Gasteiger partial charge in [0, 0.05) is 31.1 Å². The van der Waals surface area contributed by atoms with Crippen LogP contribution in [-0.2, 0) is 17.6 Å². The number of hydrogen-bond acceptors (Lipinski definition) is 3. The van der Waals surface area contributed by atoms with Crippen LogP contribution in [0.5, 0.6) is 0 Å². The maximum absolute atomic E-state index is 12.6. The lowest BCUT2D eigenvalue weighted by atomic mass is 10.0. The number of nitrogens with one attached hydrogen (secondary N) is 2. The summed E-state index contributed by atoms with van der Waals surface area (Å²) in [5.74, 6) is -0.174. The number of para-hydroxylation sites is 1. The van der Waals surface area contributed by atoms with Gasteiger partial charge in [-0.05, 0) is 30.9 Å². The quantitative estimate of drug-likeness (QED) is 0.842.